The van der Waals surface area contributed by atoms with Crippen molar-refractivity contribution >= 4 is 23.0 Å². The Morgan fingerprint density at radius 1 is 1.35 bits per heavy atom. The molecule has 0 bridgehead atoms. The second-order valence-corrected chi connectivity index (χ2v) is 7.68. The normalized spacial score (nSPS) is 17.0. The number of anilines is 1. The molecule has 2 N–H and O–H groups in total. The van der Waals surface area contributed by atoms with E-state index in [0.29, 0.717) is 11.9 Å². The van der Waals surface area contributed by atoms with E-state index in [1.807, 2.05) is 36.2 Å². The molecule has 0 spiro atoms. The van der Waals surface area contributed by atoms with Gasteiger partial charge in [0.05, 0.1) is 0 Å². The summed E-state index contributed by atoms with van der Waals surface area (Å²) >= 11 is 0. The lowest BCUT2D eigenvalue weighted by Crippen LogP contribution is -2.42. The predicted molar refractivity (Wildman–Crippen MR) is 104 cm³/mol. The third-order valence-corrected chi connectivity index (χ3v) is 5.43. The van der Waals surface area contributed by atoms with Crippen molar-refractivity contribution in [2.45, 2.75) is 39.2 Å². The third kappa shape index (κ3) is 4.18. The smallest absolute Gasteiger partial charge is 0.298 e. The van der Waals surface area contributed by atoms with Gasteiger partial charge in [0.1, 0.15) is 5.52 Å². The number of nitrogens with two attached hydrogens (primary N) is 1. The quantitative estimate of drug-likeness (QED) is 0.859. The van der Waals surface area contributed by atoms with E-state index in [1.54, 1.807) is 0 Å². The number of nitrogens with zero attached hydrogens (tertiary/aromatic N) is 3. The molecule has 1 aromatic carbocycles. The molecule has 1 fully saturated rings. The van der Waals surface area contributed by atoms with E-state index in [0.717, 1.165) is 50.0 Å². The van der Waals surface area contributed by atoms with Crippen LogP contribution in [-0.2, 0) is 4.79 Å². The first-order valence-electron chi connectivity index (χ1n) is 9.56. The molecule has 1 aliphatic heterocycles. The van der Waals surface area contributed by atoms with E-state index in [1.165, 1.54) is 0 Å². The maximum absolute atomic E-state index is 12.7. The summed E-state index contributed by atoms with van der Waals surface area (Å²) in [4.78, 5) is 21.2. The number of hydrogen-bond acceptors (Lipinski definition) is 5. The highest BCUT2D eigenvalue weighted by Crippen LogP contribution is 2.27. The Balaban J connectivity index is 1.52. The monoisotopic (exact) mass is 358 g/mol. The van der Waals surface area contributed by atoms with E-state index in [2.05, 4.69) is 23.7 Å². The molecule has 1 aliphatic rings. The first-order chi connectivity index (χ1) is 12.5. The number of rotatable bonds is 6. The van der Waals surface area contributed by atoms with Crippen LogP contribution in [0.5, 0.6) is 0 Å². The van der Waals surface area contributed by atoms with Crippen LogP contribution < -0.4 is 10.6 Å². The Bertz CT molecular complexity index is 701. The summed E-state index contributed by atoms with van der Waals surface area (Å²) in [5, 5.41) is 0. The first kappa shape index (κ1) is 18.7. The maximum atomic E-state index is 12.7. The van der Waals surface area contributed by atoms with Crippen molar-refractivity contribution in [3.05, 3.63) is 24.3 Å². The molecular formula is C20H30N4O2. The van der Waals surface area contributed by atoms with Gasteiger partial charge in [0.25, 0.3) is 6.01 Å². The molecule has 1 saturated heterocycles. The lowest BCUT2D eigenvalue weighted by molar-refractivity contribution is -0.135. The highest BCUT2D eigenvalue weighted by atomic mass is 16.4. The summed E-state index contributed by atoms with van der Waals surface area (Å²) in [6.07, 6.45) is 2.51. The molecule has 2 heterocycles. The van der Waals surface area contributed by atoms with Crippen molar-refractivity contribution in [3.63, 3.8) is 0 Å². The van der Waals surface area contributed by atoms with Crippen LogP contribution in [0.3, 0.4) is 0 Å². The number of benzene rings is 1. The minimum Gasteiger partial charge on any atom is -0.423 e. The summed E-state index contributed by atoms with van der Waals surface area (Å²) in [7, 11) is 1.89. The number of oxazole rings is 1. The second kappa shape index (κ2) is 8.08. The van der Waals surface area contributed by atoms with E-state index in [4.69, 9.17) is 10.2 Å². The van der Waals surface area contributed by atoms with E-state index in [-0.39, 0.29) is 17.9 Å². The summed E-state index contributed by atoms with van der Waals surface area (Å²) in [6, 6.07) is 8.60. The predicted octanol–water partition coefficient (Wildman–Crippen LogP) is 2.88. The number of amides is 1. The zero-order chi connectivity index (χ0) is 18.7. The molecule has 2 aromatic rings. The standard InChI is InChI=1S/C20H30N4O2/c1-14(2)16(21)10-11-23(3)19(25)15-8-12-24(13-9-15)20-22-17-6-4-5-7-18(17)26-20/h4-7,14-16H,8-13,21H2,1-3H3. The van der Waals surface area contributed by atoms with Gasteiger partial charge in [-0.25, -0.2) is 0 Å². The van der Waals surface area contributed by atoms with E-state index in [9.17, 15) is 4.79 Å². The molecule has 3 rings (SSSR count). The number of para-hydroxylation sites is 2. The Hall–Kier alpha value is -2.08. The van der Waals surface area contributed by atoms with Crippen LogP contribution in [0.15, 0.2) is 28.7 Å². The molecule has 1 aromatic heterocycles. The van der Waals surface area contributed by atoms with Gasteiger partial charge >= 0.3 is 0 Å². The Morgan fingerprint density at radius 2 is 2.04 bits per heavy atom. The van der Waals surface area contributed by atoms with Gasteiger partial charge < -0.3 is 20.0 Å². The Kier molecular flexibility index (Phi) is 5.81. The fourth-order valence-electron chi connectivity index (χ4n) is 3.41. The largest absolute Gasteiger partial charge is 0.423 e. The van der Waals surface area contributed by atoms with Crippen molar-refractivity contribution < 1.29 is 9.21 Å². The maximum Gasteiger partial charge on any atom is 0.298 e. The molecule has 26 heavy (non-hydrogen) atoms. The molecule has 1 amide bonds. The molecule has 142 valence electrons. The van der Waals surface area contributed by atoms with Crippen LogP contribution in [0.4, 0.5) is 6.01 Å². The zero-order valence-corrected chi connectivity index (χ0v) is 16.0. The number of piperidine rings is 1. The third-order valence-electron chi connectivity index (χ3n) is 5.43. The summed E-state index contributed by atoms with van der Waals surface area (Å²) < 4.78 is 5.84. The highest BCUT2D eigenvalue weighted by Gasteiger charge is 2.29. The molecule has 6 nitrogen and oxygen atoms in total. The van der Waals surface area contributed by atoms with Crippen molar-refractivity contribution in [2.75, 3.05) is 31.6 Å². The highest BCUT2D eigenvalue weighted by molar-refractivity contribution is 5.79. The average Bonchev–Trinajstić information content (AvgIpc) is 3.09. The lowest BCUT2D eigenvalue weighted by Gasteiger charge is -2.32. The van der Waals surface area contributed by atoms with E-state index < -0.39 is 0 Å². The van der Waals surface area contributed by atoms with Crippen LogP contribution in [-0.4, -0.2) is 48.5 Å². The molecule has 0 saturated carbocycles. The van der Waals surface area contributed by atoms with Crippen molar-refractivity contribution in [3.8, 4) is 0 Å². The lowest BCUT2D eigenvalue weighted by atomic mass is 9.95. The van der Waals surface area contributed by atoms with Gasteiger partial charge in [-0.2, -0.15) is 4.98 Å². The first-order valence-corrected chi connectivity index (χ1v) is 9.56. The SMILES string of the molecule is CC(C)C(N)CCN(C)C(=O)C1CCN(c2nc3ccccc3o2)CC1. The summed E-state index contributed by atoms with van der Waals surface area (Å²) in [6.45, 7) is 6.55. The Morgan fingerprint density at radius 3 is 2.69 bits per heavy atom. The van der Waals surface area contributed by atoms with Gasteiger partial charge in [-0.05, 0) is 37.3 Å². The van der Waals surface area contributed by atoms with Crippen LogP contribution >= 0.6 is 0 Å². The molecule has 0 aliphatic carbocycles. The van der Waals surface area contributed by atoms with Gasteiger partial charge in [0.15, 0.2) is 5.58 Å². The minimum absolute atomic E-state index is 0.0795. The van der Waals surface area contributed by atoms with Crippen LogP contribution in [0, 0.1) is 11.8 Å². The van der Waals surface area contributed by atoms with Crippen LogP contribution in [0.1, 0.15) is 33.1 Å². The van der Waals surface area contributed by atoms with Crippen molar-refractivity contribution in [2.24, 2.45) is 17.6 Å². The van der Waals surface area contributed by atoms with Gasteiger partial charge in [0.2, 0.25) is 5.91 Å². The average molecular weight is 358 g/mol. The fraction of sp³-hybridized carbons (Fsp3) is 0.600. The summed E-state index contributed by atoms with van der Waals surface area (Å²) in [5.74, 6) is 0.757. The molecule has 1 atom stereocenters. The van der Waals surface area contributed by atoms with Gasteiger partial charge in [-0.1, -0.05) is 26.0 Å². The Labute approximate surface area is 155 Å². The number of carbonyl (C=O) groups is 1. The minimum atomic E-state index is 0.0795. The van der Waals surface area contributed by atoms with Crippen molar-refractivity contribution in [1.82, 2.24) is 9.88 Å². The second-order valence-electron chi connectivity index (χ2n) is 7.68. The zero-order valence-electron chi connectivity index (χ0n) is 16.0. The topological polar surface area (TPSA) is 75.6 Å². The van der Waals surface area contributed by atoms with Gasteiger partial charge in [0, 0.05) is 38.6 Å². The van der Waals surface area contributed by atoms with Crippen LogP contribution in [0.25, 0.3) is 11.1 Å². The molecule has 0 radical (unpaired) electrons. The molecule has 6 heteroatoms. The molecule has 1 unspecified atom stereocenters. The van der Waals surface area contributed by atoms with Gasteiger partial charge in [-0.15, -0.1) is 0 Å². The number of hydrogen-bond donors (Lipinski definition) is 1. The summed E-state index contributed by atoms with van der Waals surface area (Å²) in [5.41, 5.74) is 7.78. The number of fused-ring (bicyclic) bond motifs is 1. The van der Waals surface area contributed by atoms with Crippen molar-refractivity contribution in [1.29, 1.82) is 0 Å². The van der Waals surface area contributed by atoms with Gasteiger partial charge in [-0.3, -0.25) is 4.79 Å². The number of aromatic nitrogens is 1. The van der Waals surface area contributed by atoms with Crippen LogP contribution in [0.2, 0.25) is 0 Å². The van der Waals surface area contributed by atoms with E-state index >= 15 is 0 Å². The fourth-order valence-corrected chi connectivity index (χ4v) is 3.41. The molecular weight excluding hydrogens is 328 g/mol. The number of carbonyl (C=O) groups excluding carboxylic acids is 1.